The van der Waals surface area contributed by atoms with E-state index in [0.717, 1.165) is 30.3 Å². The summed E-state index contributed by atoms with van der Waals surface area (Å²) in [6.07, 6.45) is 13.2. The van der Waals surface area contributed by atoms with Gasteiger partial charge in [0.25, 0.3) is 0 Å². The minimum Gasteiger partial charge on any atom is -0.294 e. The number of hydrogen-bond donors (Lipinski definition) is 0. The Morgan fingerprint density at radius 1 is 1.00 bits per heavy atom. The summed E-state index contributed by atoms with van der Waals surface area (Å²) in [6, 6.07) is 6.84. The zero-order valence-electron chi connectivity index (χ0n) is 17.3. The number of carbonyl (C=O) groups excluding carboxylic acids is 1. The van der Waals surface area contributed by atoms with E-state index in [1.165, 1.54) is 51.0 Å². The van der Waals surface area contributed by atoms with Crippen molar-refractivity contribution >= 4 is 11.9 Å². The topological polar surface area (TPSA) is 17.1 Å². The van der Waals surface area contributed by atoms with Gasteiger partial charge in [-0.1, -0.05) is 44.9 Å². The summed E-state index contributed by atoms with van der Waals surface area (Å²) in [6.45, 7) is 4.79. The molecule has 1 nitrogen and oxygen atoms in total. The Balaban J connectivity index is 1.48. The lowest BCUT2D eigenvalue weighted by molar-refractivity contribution is -0.137. The second kappa shape index (κ2) is 6.54. The van der Waals surface area contributed by atoms with Gasteiger partial charge in [-0.05, 0) is 91.7 Å². The molecular formula is C26H33FO. The quantitative estimate of drug-likeness (QED) is 0.488. The van der Waals surface area contributed by atoms with Crippen LogP contribution < -0.4 is 0 Å². The summed E-state index contributed by atoms with van der Waals surface area (Å²) in [5.41, 5.74) is 1.70. The van der Waals surface area contributed by atoms with Crippen molar-refractivity contribution in [3.8, 4) is 0 Å². The zero-order chi connectivity index (χ0) is 19.5. The lowest BCUT2D eigenvalue weighted by Gasteiger charge is -2.59. The molecule has 0 heterocycles. The summed E-state index contributed by atoms with van der Waals surface area (Å²) in [5.74, 6) is 2.89. The molecular weight excluding hydrogens is 347 g/mol. The molecule has 0 aliphatic heterocycles. The molecule has 0 amide bonds. The van der Waals surface area contributed by atoms with Crippen LogP contribution in [0.1, 0.15) is 77.2 Å². The van der Waals surface area contributed by atoms with Crippen molar-refractivity contribution < 1.29 is 9.18 Å². The third kappa shape index (κ3) is 2.59. The number of ketones is 1. The van der Waals surface area contributed by atoms with Crippen molar-refractivity contribution in [1.82, 2.24) is 0 Å². The van der Waals surface area contributed by atoms with Crippen LogP contribution in [0.4, 0.5) is 4.39 Å². The smallest absolute Gasteiger partial charge is 0.165 e. The van der Waals surface area contributed by atoms with Crippen molar-refractivity contribution in [3.05, 3.63) is 41.2 Å². The number of carbonyl (C=O) groups is 1. The summed E-state index contributed by atoms with van der Waals surface area (Å²) in [7, 11) is 0. The van der Waals surface area contributed by atoms with Crippen LogP contribution in [0.5, 0.6) is 0 Å². The first kappa shape index (κ1) is 18.6. The normalized spacial score (nSPS) is 44.1. The van der Waals surface area contributed by atoms with Crippen LogP contribution in [0.2, 0.25) is 0 Å². The van der Waals surface area contributed by atoms with Crippen LogP contribution >= 0.6 is 0 Å². The predicted molar refractivity (Wildman–Crippen MR) is 111 cm³/mol. The first-order valence-electron chi connectivity index (χ1n) is 11.4. The molecule has 0 N–H and O–H groups in total. The standard InChI is InChI=1S/C26H33FO/c1-25-13-6-5-8-19(25)10-11-20-21(25)12-14-26(2)22(20)16-18(24(26)28)15-17-7-3-4-9-23(17)27/h3-4,7,9,15,19-22H,5-6,8,10-14,16H2,1-2H3/b18-15+/t19-,20+,21-,22-,25+,26-/m1/s1. The summed E-state index contributed by atoms with van der Waals surface area (Å²) in [4.78, 5) is 13.4. The fraction of sp³-hybridized carbons (Fsp3) is 0.654. The van der Waals surface area contributed by atoms with Gasteiger partial charge in [-0.3, -0.25) is 4.79 Å². The lowest BCUT2D eigenvalue weighted by atomic mass is 9.45. The van der Waals surface area contributed by atoms with E-state index < -0.39 is 0 Å². The lowest BCUT2D eigenvalue weighted by Crippen LogP contribution is -2.52. The summed E-state index contributed by atoms with van der Waals surface area (Å²) >= 11 is 0. The van der Waals surface area contributed by atoms with E-state index in [4.69, 9.17) is 0 Å². The molecule has 4 aliphatic carbocycles. The molecule has 6 atom stereocenters. The SMILES string of the molecule is C[C@]12CCCC[C@@H]1CC[C@H]1[C@H]2CC[C@@]2(C)C(=O)/C(=C/c3ccccc3F)C[C@H]12. The van der Waals surface area contributed by atoms with Gasteiger partial charge in [0.1, 0.15) is 5.82 Å². The van der Waals surface area contributed by atoms with Gasteiger partial charge >= 0.3 is 0 Å². The number of benzene rings is 1. The minimum absolute atomic E-state index is 0.226. The van der Waals surface area contributed by atoms with Gasteiger partial charge in [-0.2, -0.15) is 0 Å². The summed E-state index contributed by atoms with van der Waals surface area (Å²) < 4.78 is 14.2. The number of halogens is 1. The maximum atomic E-state index is 14.2. The second-order valence-corrected chi connectivity index (χ2v) is 10.6. The fourth-order valence-electron chi connectivity index (χ4n) is 7.87. The largest absolute Gasteiger partial charge is 0.294 e. The highest BCUT2D eigenvalue weighted by Crippen LogP contribution is 2.66. The Morgan fingerprint density at radius 3 is 2.64 bits per heavy atom. The first-order valence-corrected chi connectivity index (χ1v) is 11.4. The number of allylic oxidation sites excluding steroid dienone is 1. The molecule has 1 aromatic carbocycles. The summed E-state index contributed by atoms with van der Waals surface area (Å²) in [5, 5.41) is 0. The van der Waals surface area contributed by atoms with Gasteiger partial charge in [0, 0.05) is 11.0 Å². The Hall–Kier alpha value is -1.44. The molecule has 0 radical (unpaired) electrons. The van der Waals surface area contributed by atoms with E-state index in [-0.39, 0.29) is 11.2 Å². The molecule has 0 spiro atoms. The maximum absolute atomic E-state index is 14.2. The van der Waals surface area contributed by atoms with E-state index in [1.807, 2.05) is 12.1 Å². The molecule has 4 fully saturated rings. The van der Waals surface area contributed by atoms with Crippen molar-refractivity contribution in [3.63, 3.8) is 0 Å². The third-order valence-electron chi connectivity index (χ3n) is 9.46. The molecule has 2 heteroatoms. The first-order chi connectivity index (χ1) is 13.4. The third-order valence-corrected chi connectivity index (χ3v) is 9.46. The number of hydrogen-bond acceptors (Lipinski definition) is 1. The predicted octanol–water partition coefficient (Wildman–Crippen LogP) is 6.82. The minimum atomic E-state index is -0.226. The van der Waals surface area contributed by atoms with E-state index in [9.17, 15) is 9.18 Å². The van der Waals surface area contributed by atoms with Crippen LogP contribution in [-0.4, -0.2) is 5.78 Å². The van der Waals surface area contributed by atoms with Crippen LogP contribution in [0, 0.1) is 40.3 Å². The van der Waals surface area contributed by atoms with E-state index in [2.05, 4.69) is 13.8 Å². The Bertz CT molecular complexity index is 825. The van der Waals surface area contributed by atoms with Crippen molar-refractivity contribution in [2.75, 3.05) is 0 Å². The molecule has 0 unspecified atom stereocenters. The molecule has 150 valence electrons. The molecule has 1 aromatic rings. The second-order valence-electron chi connectivity index (χ2n) is 10.6. The molecule has 4 aliphatic rings. The molecule has 0 aromatic heterocycles. The van der Waals surface area contributed by atoms with E-state index in [1.54, 1.807) is 12.1 Å². The average molecular weight is 381 g/mol. The Labute approximate surface area is 168 Å². The molecule has 5 rings (SSSR count). The van der Waals surface area contributed by atoms with Crippen molar-refractivity contribution in [2.45, 2.75) is 71.6 Å². The fourth-order valence-corrected chi connectivity index (χ4v) is 7.87. The van der Waals surface area contributed by atoms with Gasteiger partial charge in [0.05, 0.1) is 0 Å². The van der Waals surface area contributed by atoms with E-state index >= 15 is 0 Å². The van der Waals surface area contributed by atoms with E-state index in [0.29, 0.717) is 28.6 Å². The molecule has 4 saturated carbocycles. The highest BCUT2D eigenvalue weighted by Gasteiger charge is 2.60. The highest BCUT2D eigenvalue weighted by molar-refractivity contribution is 6.05. The van der Waals surface area contributed by atoms with Crippen LogP contribution in [0.15, 0.2) is 29.8 Å². The molecule has 28 heavy (non-hydrogen) atoms. The highest BCUT2D eigenvalue weighted by atomic mass is 19.1. The molecule has 0 bridgehead atoms. The van der Waals surface area contributed by atoms with Crippen LogP contribution in [-0.2, 0) is 4.79 Å². The number of rotatable bonds is 1. The maximum Gasteiger partial charge on any atom is 0.165 e. The monoisotopic (exact) mass is 380 g/mol. The Morgan fingerprint density at radius 2 is 1.82 bits per heavy atom. The molecule has 0 saturated heterocycles. The van der Waals surface area contributed by atoms with Crippen LogP contribution in [0.25, 0.3) is 6.08 Å². The van der Waals surface area contributed by atoms with Crippen molar-refractivity contribution in [1.29, 1.82) is 0 Å². The van der Waals surface area contributed by atoms with Gasteiger partial charge in [-0.25, -0.2) is 4.39 Å². The van der Waals surface area contributed by atoms with Gasteiger partial charge in [-0.15, -0.1) is 0 Å². The van der Waals surface area contributed by atoms with Crippen LogP contribution in [0.3, 0.4) is 0 Å². The zero-order valence-corrected chi connectivity index (χ0v) is 17.3. The number of fused-ring (bicyclic) bond motifs is 5. The van der Waals surface area contributed by atoms with Crippen molar-refractivity contribution in [2.24, 2.45) is 34.5 Å². The van der Waals surface area contributed by atoms with Gasteiger partial charge in [0.15, 0.2) is 5.78 Å². The van der Waals surface area contributed by atoms with Gasteiger partial charge < -0.3 is 0 Å². The Kier molecular flexibility index (Phi) is 4.34. The van der Waals surface area contributed by atoms with Gasteiger partial charge in [0.2, 0.25) is 0 Å². The number of Topliss-reactive ketones (excluding diaryl/α,β-unsaturated/α-hetero) is 1. The average Bonchev–Trinajstić information content (AvgIpc) is 2.94.